The maximum atomic E-state index is 5.45. The lowest BCUT2D eigenvalue weighted by atomic mass is 10.3. The van der Waals surface area contributed by atoms with E-state index in [0.717, 1.165) is 24.9 Å². The Labute approximate surface area is 72.9 Å². The van der Waals surface area contributed by atoms with Crippen LogP contribution in [0.2, 0.25) is 0 Å². The molecule has 0 saturated heterocycles. The second-order valence-electron chi connectivity index (χ2n) is 2.75. The molecule has 1 aromatic heterocycles. The Bertz CT molecular complexity index is 240. The van der Waals surface area contributed by atoms with Crippen molar-refractivity contribution in [2.45, 2.75) is 25.9 Å². The Balaban J connectivity index is 2.36. The summed E-state index contributed by atoms with van der Waals surface area (Å²) in [5.74, 6) is 0. The first-order valence-electron chi connectivity index (χ1n) is 4.19. The fourth-order valence-electron chi connectivity index (χ4n) is 1.03. The van der Waals surface area contributed by atoms with Gasteiger partial charge in [-0.1, -0.05) is 6.08 Å². The molecule has 12 heavy (non-hydrogen) atoms. The van der Waals surface area contributed by atoms with Gasteiger partial charge in [0, 0.05) is 24.8 Å². The summed E-state index contributed by atoms with van der Waals surface area (Å²) in [5.41, 5.74) is 6.54. The number of hydrogen-bond donors (Lipinski definition) is 1. The number of hydrogen-bond acceptors (Lipinski definition) is 2. The molecule has 0 saturated carbocycles. The highest BCUT2D eigenvalue weighted by Crippen LogP contribution is 1.98. The molecule has 0 fully saturated rings. The molecule has 2 N–H and O–H groups in total. The summed E-state index contributed by atoms with van der Waals surface area (Å²) >= 11 is 0. The first kappa shape index (κ1) is 9.00. The van der Waals surface area contributed by atoms with Crippen molar-refractivity contribution in [3.8, 4) is 0 Å². The van der Waals surface area contributed by atoms with Gasteiger partial charge in [0.05, 0.1) is 6.20 Å². The van der Waals surface area contributed by atoms with E-state index in [1.165, 1.54) is 0 Å². The molecule has 0 atom stereocenters. The minimum atomic E-state index is 0.571. The van der Waals surface area contributed by atoms with E-state index >= 15 is 0 Å². The molecule has 0 unspecified atom stereocenters. The van der Waals surface area contributed by atoms with Crippen LogP contribution in [0.3, 0.4) is 0 Å². The minimum absolute atomic E-state index is 0.571. The quantitative estimate of drug-likeness (QED) is 0.528. The zero-order valence-corrected chi connectivity index (χ0v) is 7.24. The SMILES string of the molecule is C=CCCCn1cc(CN)cn1. The molecule has 66 valence electrons. The lowest BCUT2D eigenvalue weighted by Crippen LogP contribution is -1.98. The summed E-state index contributed by atoms with van der Waals surface area (Å²) in [6, 6.07) is 0. The molecular formula is C9H15N3. The summed E-state index contributed by atoms with van der Waals surface area (Å²) in [4.78, 5) is 0. The lowest BCUT2D eigenvalue weighted by Gasteiger charge is -1.97. The van der Waals surface area contributed by atoms with Crippen LogP contribution in [0.5, 0.6) is 0 Å². The van der Waals surface area contributed by atoms with Gasteiger partial charge in [0.15, 0.2) is 0 Å². The largest absolute Gasteiger partial charge is 0.326 e. The first-order chi connectivity index (χ1) is 5.86. The van der Waals surface area contributed by atoms with Gasteiger partial charge in [0.1, 0.15) is 0 Å². The molecule has 3 heteroatoms. The predicted molar refractivity (Wildman–Crippen MR) is 49.5 cm³/mol. The molecule has 0 aromatic carbocycles. The molecule has 1 rings (SSSR count). The van der Waals surface area contributed by atoms with Crippen molar-refractivity contribution in [3.05, 3.63) is 30.6 Å². The molecule has 1 heterocycles. The van der Waals surface area contributed by atoms with Gasteiger partial charge in [-0.2, -0.15) is 5.10 Å². The van der Waals surface area contributed by atoms with Crippen LogP contribution in [-0.2, 0) is 13.1 Å². The Morgan fingerprint density at radius 3 is 3.08 bits per heavy atom. The average molecular weight is 165 g/mol. The second kappa shape index (κ2) is 4.72. The van der Waals surface area contributed by atoms with Gasteiger partial charge < -0.3 is 5.73 Å². The zero-order valence-electron chi connectivity index (χ0n) is 7.24. The third kappa shape index (κ3) is 2.51. The van der Waals surface area contributed by atoms with Gasteiger partial charge >= 0.3 is 0 Å². The van der Waals surface area contributed by atoms with Crippen LogP contribution in [0.1, 0.15) is 18.4 Å². The predicted octanol–water partition coefficient (Wildman–Crippen LogP) is 1.31. The lowest BCUT2D eigenvalue weighted by molar-refractivity contribution is 0.583. The van der Waals surface area contributed by atoms with Crippen LogP contribution in [0.15, 0.2) is 25.0 Å². The van der Waals surface area contributed by atoms with Crippen LogP contribution in [-0.4, -0.2) is 9.78 Å². The molecular weight excluding hydrogens is 150 g/mol. The standard InChI is InChI=1S/C9H15N3/c1-2-3-4-5-12-8-9(6-10)7-11-12/h2,7-8H,1,3-6,10H2. The molecule has 0 aliphatic rings. The molecule has 1 aromatic rings. The van der Waals surface area contributed by atoms with Crippen LogP contribution in [0.4, 0.5) is 0 Å². The van der Waals surface area contributed by atoms with Gasteiger partial charge in [-0.25, -0.2) is 0 Å². The number of nitrogens with two attached hydrogens (primary N) is 1. The summed E-state index contributed by atoms with van der Waals surface area (Å²) in [7, 11) is 0. The highest BCUT2D eigenvalue weighted by Gasteiger charge is 1.94. The van der Waals surface area contributed by atoms with Gasteiger partial charge in [-0.3, -0.25) is 4.68 Å². The first-order valence-corrected chi connectivity index (χ1v) is 4.19. The summed E-state index contributed by atoms with van der Waals surface area (Å²) in [6.07, 6.45) is 7.86. The Morgan fingerprint density at radius 1 is 1.67 bits per heavy atom. The van der Waals surface area contributed by atoms with Crippen molar-refractivity contribution in [2.24, 2.45) is 5.73 Å². The maximum absolute atomic E-state index is 5.45. The van der Waals surface area contributed by atoms with Gasteiger partial charge in [-0.15, -0.1) is 6.58 Å². The molecule has 0 bridgehead atoms. The fraction of sp³-hybridized carbons (Fsp3) is 0.444. The van der Waals surface area contributed by atoms with Crippen molar-refractivity contribution < 1.29 is 0 Å². The molecule has 0 aliphatic carbocycles. The normalized spacial score (nSPS) is 10.1. The van der Waals surface area contributed by atoms with Crippen molar-refractivity contribution in [1.29, 1.82) is 0 Å². The summed E-state index contributed by atoms with van der Waals surface area (Å²) in [5, 5.41) is 4.16. The molecule has 0 radical (unpaired) electrons. The van der Waals surface area contributed by atoms with Crippen molar-refractivity contribution in [1.82, 2.24) is 9.78 Å². The zero-order chi connectivity index (χ0) is 8.81. The van der Waals surface area contributed by atoms with E-state index < -0.39 is 0 Å². The van der Waals surface area contributed by atoms with Crippen LogP contribution in [0.25, 0.3) is 0 Å². The molecule has 0 amide bonds. The van der Waals surface area contributed by atoms with E-state index in [9.17, 15) is 0 Å². The third-order valence-corrected chi connectivity index (χ3v) is 1.72. The molecule has 3 nitrogen and oxygen atoms in total. The second-order valence-corrected chi connectivity index (χ2v) is 2.75. The summed E-state index contributed by atoms with van der Waals surface area (Å²) < 4.78 is 1.92. The number of rotatable bonds is 5. The minimum Gasteiger partial charge on any atom is -0.326 e. The highest BCUT2D eigenvalue weighted by molar-refractivity contribution is 5.02. The fourth-order valence-corrected chi connectivity index (χ4v) is 1.03. The van der Waals surface area contributed by atoms with Gasteiger partial charge in [0.25, 0.3) is 0 Å². The van der Waals surface area contributed by atoms with E-state index in [1.54, 1.807) is 0 Å². The molecule has 0 aliphatic heterocycles. The van der Waals surface area contributed by atoms with Crippen molar-refractivity contribution >= 4 is 0 Å². The van der Waals surface area contributed by atoms with Crippen LogP contribution < -0.4 is 5.73 Å². The van der Waals surface area contributed by atoms with Crippen molar-refractivity contribution in [2.75, 3.05) is 0 Å². The van der Waals surface area contributed by atoms with Crippen molar-refractivity contribution in [3.63, 3.8) is 0 Å². The Hall–Kier alpha value is -1.09. The third-order valence-electron chi connectivity index (χ3n) is 1.72. The number of nitrogens with zero attached hydrogens (tertiary/aromatic N) is 2. The number of aryl methyl sites for hydroxylation is 1. The highest BCUT2D eigenvalue weighted by atomic mass is 15.3. The smallest absolute Gasteiger partial charge is 0.0534 e. The van der Waals surface area contributed by atoms with Crippen LogP contribution >= 0.6 is 0 Å². The van der Waals surface area contributed by atoms with E-state index in [0.29, 0.717) is 6.54 Å². The Kier molecular flexibility index (Phi) is 3.54. The van der Waals surface area contributed by atoms with E-state index in [2.05, 4.69) is 11.7 Å². The number of allylic oxidation sites excluding steroid dienone is 1. The Morgan fingerprint density at radius 2 is 2.50 bits per heavy atom. The van der Waals surface area contributed by atoms with E-state index in [4.69, 9.17) is 5.73 Å². The monoisotopic (exact) mass is 165 g/mol. The van der Waals surface area contributed by atoms with Gasteiger partial charge in [0.2, 0.25) is 0 Å². The number of aromatic nitrogens is 2. The maximum Gasteiger partial charge on any atom is 0.0534 e. The topological polar surface area (TPSA) is 43.8 Å². The van der Waals surface area contributed by atoms with E-state index in [1.807, 2.05) is 23.2 Å². The molecule has 0 spiro atoms. The number of unbranched alkanes of at least 4 members (excludes halogenated alkanes) is 1. The summed E-state index contributed by atoms with van der Waals surface area (Å²) in [6.45, 7) is 5.18. The van der Waals surface area contributed by atoms with Gasteiger partial charge in [-0.05, 0) is 12.8 Å². The van der Waals surface area contributed by atoms with Crippen LogP contribution in [0, 0.1) is 0 Å². The average Bonchev–Trinajstić information content (AvgIpc) is 2.53. The van der Waals surface area contributed by atoms with E-state index in [-0.39, 0.29) is 0 Å².